The van der Waals surface area contributed by atoms with Crippen molar-refractivity contribution in [1.82, 2.24) is 10.2 Å². The third kappa shape index (κ3) is 3.84. The van der Waals surface area contributed by atoms with Crippen molar-refractivity contribution in [3.8, 4) is 5.75 Å². The normalized spacial score (nSPS) is 10.8. The van der Waals surface area contributed by atoms with E-state index in [0.29, 0.717) is 34.8 Å². The molecule has 0 fully saturated rings. The summed E-state index contributed by atoms with van der Waals surface area (Å²) >= 11 is 1.44. The zero-order valence-corrected chi connectivity index (χ0v) is 12.2. The number of aromatic nitrogens is 2. The van der Waals surface area contributed by atoms with Gasteiger partial charge in [0.25, 0.3) is 5.22 Å². The Balaban J connectivity index is 1.80. The summed E-state index contributed by atoms with van der Waals surface area (Å²) in [5, 5.41) is 8.45. The van der Waals surface area contributed by atoms with Crippen LogP contribution in [0.1, 0.15) is 36.0 Å². The number of benzene rings is 1. The van der Waals surface area contributed by atoms with Crippen molar-refractivity contribution in [3.05, 3.63) is 35.7 Å². The highest BCUT2D eigenvalue weighted by molar-refractivity contribution is 7.99. The van der Waals surface area contributed by atoms with Crippen LogP contribution >= 0.6 is 11.8 Å². The maximum Gasteiger partial charge on any atom is 0.276 e. The molecule has 1 aromatic carbocycles. The van der Waals surface area contributed by atoms with E-state index in [1.807, 2.05) is 19.9 Å². The van der Waals surface area contributed by atoms with Gasteiger partial charge in [0, 0.05) is 11.7 Å². The average molecular weight is 292 g/mol. The predicted octanol–water partition coefficient (Wildman–Crippen LogP) is 3.18. The molecule has 0 bridgehead atoms. The summed E-state index contributed by atoms with van der Waals surface area (Å²) in [6.45, 7) is 4.47. The molecule has 20 heavy (non-hydrogen) atoms. The number of hydrogen-bond acceptors (Lipinski definition) is 6. The fraction of sp³-hybridized carbons (Fsp3) is 0.357. The van der Waals surface area contributed by atoms with Crippen molar-refractivity contribution in [2.75, 3.05) is 12.4 Å². The molecule has 0 N–H and O–H groups in total. The second-order valence-electron chi connectivity index (χ2n) is 4.41. The first-order chi connectivity index (χ1) is 9.70. The van der Waals surface area contributed by atoms with Crippen LogP contribution in [0, 0.1) is 0 Å². The SMILES string of the molecule is CC(C)c1nnc(SCCOc2ccccc2C=O)o1. The summed E-state index contributed by atoms with van der Waals surface area (Å²) in [5.74, 6) is 2.14. The van der Waals surface area contributed by atoms with Crippen molar-refractivity contribution in [2.24, 2.45) is 0 Å². The zero-order chi connectivity index (χ0) is 14.4. The number of carbonyl (C=O) groups is 1. The molecule has 5 nitrogen and oxygen atoms in total. The quantitative estimate of drug-likeness (QED) is 0.443. The molecule has 2 aromatic rings. The van der Waals surface area contributed by atoms with Gasteiger partial charge < -0.3 is 9.15 Å². The summed E-state index contributed by atoms with van der Waals surface area (Å²) in [6, 6.07) is 7.14. The Morgan fingerprint density at radius 1 is 1.35 bits per heavy atom. The topological polar surface area (TPSA) is 65.2 Å². The second kappa shape index (κ2) is 7.09. The first kappa shape index (κ1) is 14.6. The van der Waals surface area contributed by atoms with Gasteiger partial charge in [0.2, 0.25) is 5.89 Å². The molecular formula is C14H16N2O3S. The maximum absolute atomic E-state index is 10.8. The lowest BCUT2D eigenvalue weighted by atomic mass is 10.2. The highest BCUT2D eigenvalue weighted by Gasteiger charge is 2.09. The number of aldehydes is 1. The third-order valence-corrected chi connectivity index (χ3v) is 3.31. The fourth-order valence-electron chi connectivity index (χ4n) is 1.50. The van der Waals surface area contributed by atoms with Crippen LogP contribution in [0.25, 0.3) is 0 Å². The van der Waals surface area contributed by atoms with Gasteiger partial charge in [-0.3, -0.25) is 4.79 Å². The summed E-state index contributed by atoms with van der Waals surface area (Å²) in [7, 11) is 0. The van der Waals surface area contributed by atoms with Crippen molar-refractivity contribution >= 4 is 18.0 Å². The van der Waals surface area contributed by atoms with E-state index in [9.17, 15) is 4.79 Å². The summed E-state index contributed by atoms with van der Waals surface area (Å²) in [5.41, 5.74) is 0.553. The van der Waals surface area contributed by atoms with Crippen molar-refractivity contribution in [1.29, 1.82) is 0 Å². The van der Waals surface area contributed by atoms with E-state index in [4.69, 9.17) is 9.15 Å². The van der Waals surface area contributed by atoms with Gasteiger partial charge in [-0.05, 0) is 12.1 Å². The van der Waals surface area contributed by atoms with Gasteiger partial charge in [-0.25, -0.2) is 0 Å². The van der Waals surface area contributed by atoms with Gasteiger partial charge in [-0.15, -0.1) is 10.2 Å². The van der Waals surface area contributed by atoms with E-state index in [0.717, 1.165) is 6.29 Å². The smallest absolute Gasteiger partial charge is 0.276 e. The molecule has 0 unspecified atom stereocenters. The molecule has 0 spiro atoms. The minimum atomic E-state index is 0.229. The molecule has 0 aliphatic rings. The van der Waals surface area contributed by atoms with E-state index in [-0.39, 0.29) is 5.92 Å². The second-order valence-corrected chi connectivity index (χ2v) is 5.46. The molecular weight excluding hydrogens is 276 g/mol. The van der Waals surface area contributed by atoms with Gasteiger partial charge in [-0.1, -0.05) is 37.7 Å². The molecule has 0 aliphatic heterocycles. The Morgan fingerprint density at radius 2 is 2.15 bits per heavy atom. The molecule has 2 rings (SSSR count). The van der Waals surface area contributed by atoms with Gasteiger partial charge in [0.15, 0.2) is 6.29 Å². The molecule has 106 valence electrons. The van der Waals surface area contributed by atoms with E-state index >= 15 is 0 Å². The van der Waals surface area contributed by atoms with Crippen LogP contribution in [0.3, 0.4) is 0 Å². The highest BCUT2D eigenvalue weighted by atomic mass is 32.2. The van der Waals surface area contributed by atoms with E-state index in [2.05, 4.69) is 10.2 Å². The lowest BCUT2D eigenvalue weighted by Gasteiger charge is -2.06. The monoisotopic (exact) mass is 292 g/mol. The van der Waals surface area contributed by atoms with Crippen molar-refractivity contribution in [2.45, 2.75) is 25.0 Å². The van der Waals surface area contributed by atoms with Gasteiger partial charge in [0.1, 0.15) is 5.75 Å². The Hall–Kier alpha value is -1.82. The minimum absolute atomic E-state index is 0.229. The standard InChI is InChI=1S/C14H16N2O3S/c1-10(2)13-15-16-14(19-13)20-8-7-18-12-6-4-3-5-11(12)9-17/h3-6,9-10H,7-8H2,1-2H3. The molecule has 0 saturated heterocycles. The Labute approximate surface area is 121 Å². The van der Waals surface area contributed by atoms with Crippen LogP contribution in [0.2, 0.25) is 0 Å². The van der Waals surface area contributed by atoms with Crippen LogP contribution < -0.4 is 4.74 Å². The van der Waals surface area contributed by atoms with Gasteiger partial charge >= 0.3 is 0 Å². The predicted molar refractivity (Wildman–Crippen MR) is 76.4 cm³/mol. The van der Waals surface area contributed by atoms with Crippen LogP contribution in [0.15, 0.2) is 33.9 Å². The molecule has 0 atom stereocenters. The molecule has 0 amide bonds. The lowest BCUT2D eigenvalue weighted by Crippen LogP contribution is -2.02. The molecule has 0 radical (unpaired) electrons. The Bertz CT molecular complexity index is 569. The lowest BCUT2D eigenvalue weighted by molar-refractivity contribution is 0.112. The van der Waals surface area contributed by atoms with Crippen LogP contribution in [0.5, 0.6) is 5.75 Å². The fourth-order valence-corrected chi connectivity index (χ4v) is 2.09. The van der Waals surface area contributed by atoms with E-state index in [1.165, 1.54) is 11.8 Å². The maximum atomic E-state index is 10.8. The zero-order valence-electron chi connectivity index (χ0n) is 11.4. The molecule has 6 heteroatoms. The number of carbonyl (C=O) groups excluding carboxylic acids is 1. The summed E-state index contributed by atoms with van der Waals surface area (Å²) < 4.78 is 11.0. The molecule has 1 heterocycles. The number of rotatable bonds is 7. The number of para-hydroxylation sites is 1. The Kier molecular flexibility index (Phi) is 5.17. The summed E-state index contributed by atoms with van der Waals surface area (Å²) in [6.07, 6.45) is 0.787. The van der Waals surface area contributed by atoms with Gasteiger partial charge in [0.05, 0.1) is 12.2 Å². The number of nitrogens with zero attached hydrogens (tertiary/aromatic N) is 2. The third-order valence-electron chi connectivity index (χ3n) is 2.53. The van der Waals surface area contributed by atoms with Crippen LogP contribution in [0.4, 0.5) is 0 Å². The molecule has 0 aliphatic carbocycles. The first-order valence-corrected chi connectivity index (χ1v) is 7.32. The number of ether oxygens (including phenoxy) is 1. The van der Waals surface area contributed by atoms with Crippen molar-refractivity contribution in [3.63, 3.8) is 0 Å². The van der Waals surface area contributed by atoms with Crippen LogP contribution in [-0.2, 0) is 0 Å². The van der Waals surface area contributed by atoms with Crippen LogP contribution in [-0.4, -0.2) is 28.8 Å². The van der Waals surface area contributed by atoms with Gasteiger partial charge in [-0.2, -0.15) is 0 Å². The molecule has 0 saturated carbocycles. The first-order valence-electron chi connectivity index (χ1n) is 6.34. The minimum Gasteiger partial charge on any atom is -0.492 e. The number of hydrogen-bond donors (Lipinski definition) is 0. The molecule has 1 aromatic heterocycles. The van der Waals surface area contributed by atoms with Crippen molar-refractivity contribution < 1.29 is 13.9 Å². The number of thioether (sulfide) groups is 1. The summed E-state index contributed by atoms with van der Waals surface area (Å²) in [4.78, 5) is 10.8. The average Bonchev–Trinajstić information content (AvgIpc) is 2.93. The highest BCUT2D eigenvalue weighted by Crippen LogP contribution is 2.21. The van der Waals surface area contributed by atoms with E-state index in [1.54, 1.807) is 18.2 Å². The largest absolute Gasteiger partial charge is 0.492 e. The Morgan fingerprint density at radius 3 is 2.85 bits per heavy atom. The van der Waals surface area contributed by atoms with E-state index < -0.39 is 0 Å².